The van der Waals surface area contributed by atoms with Gasteiger partial charge in [0.05, 0.1) is 0 Å². The Morgan fingerprint density at radius 2 is 2.18 bits per heavy atom. The summed E-state index contributed by atoms with van der Waals surface area (Å²) in [4.78, 5) is 0. The monoisotopic (exact) mass is 156 g/mol. The summed E-state index contributed by atoms with van der Waals surface area (Å²) in [5, 5.41) is 6.98. The third kappa shape index (κ3) is 2.80. The fourth-order valence-electron chi connectivity index (χ4n) is 1.64. The minimum absolute atomic E-state index is 0.613. The van der Waals surface area contributed by atoms with Gasteiger partial charge in [-0.05, 0) is 18.9 Å². The van der Waals surface area contributed by atoms with E-state index in [4.69, 9.17) is 0 Å². The lowest BCUT2D eigenvalue weighted by molar-refractivity contribution is 0.282. The lowest BCUT2D eigenvalue weighted by Gasteiger charge is -2.31. The van der Waals surface area contributed by atoms with Crippen LogP contribution in [0.1, 0.15) is 27.2 Å². The molecule has 2 N–H and O–H groups in total. The van der Waals surface area contributed by atoms with E-state index in [0.717, 1.165) is 12.5 Å². The Balaban J connectivity index is 2.29. The number of hydrogen-bond donors (Lipinski definition) is 2. The molecule has 2 nitrogen and oxygen atoms in total. The van der Waals surface area contributed by atoms with Gasteiger partial charge < -0.3 is 10.6 Å². The minimum atomic E-state index is 0.613. The lowest BCUT2D eigenvalue weighted by atomic mass is 9.94. The highest BCUT2D eigenvalue weighted by atomic mass is 15.0. The highest BCUT2D eigenvalue weighted by Crippen LogP contribution is 2.11. The Morgan fingerprint density at radius 1 is 1.45 bits per heavy atom. The summed E-state index contributed by atoms with van der Waals surface area (Å²) in [5.41, 5.74) is 0. The average Bonchev–Trinajstić information content (AvgIpc) is 1.93. The molecule has 0 radical (unpaired) electrons. The highest BCUT2D eigenvalue weighted by Gasteiger charge is 2.20. The van der Waals surface area contributed by atoms with Crippen molar-refractivity contribution >= 4 is 0 Å². The fourth-order valence-corrected chi connectivity index (χ4v) is 1.64. The zero-order valence-electron chi connectivity index (χ0n) is 7.85. The molecular formula is C9H20N2. The van der Waals surface area contributed by atoms with Crippen molar-refractivity contribution in [3.05, 3.63) is 0 Å². The molecule has 1 saturated heterocycles. The van der Waals surface area contributed by atoms with Crippen LogP contribution in [0.5, 0.6) is 0 Å². The van der Waals surface area contributed by atoms with E-state index >= 15 is 0 Å². The minimum Gasteiger partial charge on any atom is -0.315 e. The number of nitrogens with one attached hydrogen (secondary N) is 2. The highest BCUT2D eigenvalue weighted by molar-refractivity contribution is 4.81. The van der Waals surface area contributed by atoms with Crippen molar-refractivity contribution in [3.63, 3.8) is 0 Å². The predicted octanol–water partition coefficient (Wildman–Crippen LogP) is 0.982. The van der Waals surface area contributed by atoms with E-state index in [1.54, 1.807) is 0 Å². The van der Waals surface area contributed by atoms with E-state index in [1.807, 2.05) is 0 Å². The topological polar surface area (TPSA) is 24.1 Å². The molecule has 1 rings (SSSR count). The number of hydrogen-bond acceptors (Lipinski definition) is 2. The van der Waals surface area contributed by atoms with Crippen molar-refractivity contribution in [1.29, 1.82) is 0 Å². The largest absolute Gasteiger partial charge is 0.315 e. The van der Waals surface area contributed by atoms with Crippen LogP contribution in [-0.2, 0) is 0 Å². The Hall–Kier alpha value is -0.0800. The molecule has 66 valence electrons. The first-order valence-corrected chi connectivity index (χ1v) is 4.67. The van der Waals surface area contributed by atoms with Gasteiger partial charge in [-0.2, -0.15) is 0 Å². The molecular weight excluding hydrogens is 136 g/mol. The Bertz CT molecular complexity index is 112. The van der Waals surface area contributed by atoms with Gasteiger partial charge in [-0.15, -0.1) is 0 Å². The molecule has 0 aliphatic carbocycles. The van der Waals surface area contributed by atoms with E-state index < -0.39 is 0 Å². The van der Waals surface area contributed by atoms with Crippen LogP contribution in [0.2, 0.25) is 0 Å². The summed E-state index contributed by atoms with van der Waals surface area (Å²) >= 11 is 0. The van der Waals surface area contributed by atoms with Crippen LogP contribution in [0.3, 0.4) is 0 Å². The van der Waals surface area contributed by atoms with Crippen molar-refractivity contribution in [3.8, 4) is 0 Å². The predicted molar refractivity (Wildman–Crippen MR) is 48.7 cm³/mol. The van der Waals surface area contributed by atoms with Crippen LogP contribution in [0.15, 0.2) is 0 Å². The van der Waals surface area contributed by atoms with Gasteiger partial charge in [0.25, 0.3) is 0 Å². The van der Waals surface area contributed by atoms with Gasteiger partial charge in [-0.25, -0.2) is 0 Å². The van der Waals surface area contributed by atoms with E-state index in [0.29, 0.717) is 12.1 Å². The molecule has 11 heavy (non-hydrogen) atoms. The van der Waals surface area contributed by atoms with Gasteiger partial charge in [0.1, 0.15) is 0 Å². The number of rotatable bonds is 2. The smallest absolute Gasteiger partial charge is 0.0220 e. The van der Waals surface area contributed by atoms with Crippen molar-refractivity contribution in [1.82, 2.24) is 10.6 Å². The van der Waals surface area contributed by atoms with Crippen LogP contribution in [0, 0.1) is 5.92 Å². The third-order valence-corrected chi connectivity index (χ3v) is 2.38. The fraction of sp³-hybridized carbons (Fsp3) is 1.00. The molecule has 1 heterocycles. The summed E-state index contributed by atoms with van der Waals surface area (Å²) in [7, 11) is 0. The molecule has 0 amide bonds. The molecule has 2 heteroatoms. The second-order valence-corrected chi connectivity index (χ2v) is 3.90. The summed E-state index contributed by atoms with van der Waals surface area (Å²) < 4.78 is 0. The molecule has 1 aliphatic rings. The Kier molecular flexibility index (Phi) is 3.34. The van der Waals surface area contributed by atoms with Gasteiger partial charge in [-0.3, -0.25) is 0 Å². The zero-order valence-corrected chi connectivity index (χ0v) is 7.85. The van der Waals surface area contributed by atoms with Gasteiger partial charge in [0, 0.05) is 18.6 Å². The normalized spacial score (nSPS) is 32.7. The molecule has 1 fully saturated rings. The van der Waals surface area contributed by atoms with E-state index in [2.05, 4.69) is 31.4 Å². The summed E-state index contributed by atoms with van der Waals surface area (Å²) in [5.74, 6) is 0.832. The molecule has 0 spiro atoms. The van der Waals surface area contributed by atoms with Crippen LogP contribution in [0.4, 0.5) is 0 Å². The molecule has 0 saturated carbocycles. The lowest BCUT2D eigenvalue weighted by Crippen LogP contribution is -2.50. The Labute approximate surface area is 69.8 Å². The summed E-state index contributed by atoms with van der Waals surface area (Å²) in [6, 6.07) is 1.30. The number of piperidine rings is 1. The standard InChI is InChI=1S/C9H20N2/c1-7(2)11-9-6-10-5-4-8(9)3/h7-11H,4-6H2,1-3H3/t8-,9-/m1/s1. The SMILES string of the molecule is CC(C)N[C@@H]1CNCC[C@H]1C. The summed E-state index contributed by atoms with van der Waals surface area (Å²) in [6.07, 6.45) is 1.31. The van der Waals surface area contributed by atoms with Crippen LogP contribution >= 0.6 is 0 Å². The van der Waals surface area contributed by atoms with Gasteiger partial charge in [-0.1, -0.05) is 20.8 Å². The molecule has 0 unspecified atom stereocenters. The van der Waals surface area contributed by atoms with Crippen molar-refractivity contribution in [2.45, 2.75) is 39.3 Å². The molecule has 1 aliphatic heterocycles. The molecule has 0 aromatic carbocycles. The van der Waals surface area contributed by atoms with Crippen LogP contribution in [0.25, 0.3) is 0 Å². The maximum atomic E-state index is 3.57. The summed E-state index contributed by atoms with van der Waals surface area (Å²) in [6.45, 7) is 9.08. The van der Waals surface area contributed by atoms with Crippen molar-refractivity contribution < 1.29 is 0 Å². The van der Waals surface area contributed by atoms with Crippen LogP contribution in [-0.4, -0.2) is 25.2 Å². The van der Waals surface area contributed by atoms with E-state index in [9.17, 15) is 0 Å². The second-order valence-electron chi connectivity index (χ2n) is 3.90. The van der Waals surface area contributed by atoms with Gasteiger partial charge >= 0.3 is 0 Å². The van der Waals surface area contributed by atoms with Gasteiger partial charge in [0.2, 0.25) is 0 Å². The third-order valence-electron chi connectivity index (χ3n) is 2.38. The van der Waals surface area contributed by atoms with Crippen molar-refractivity contribution in [2.75, 3.05) is 13.1 Å². The maximum absolute atomic E-state index is 3.57. The molecule has 0 aromatic rings. The van der Waals surface area contributed by atoms with E-state index in [-0.39, 0.29) is 0 Å². The second kappa shape index (κ2) is 4.07. The van der Waals surface area contributed by atoms with E-state index in [1.165, 1.54) is 13.0 Å². The quantitative estimate of drug-likeness (QED) is 0.623. The van der Waals surface area contributed by atoms with Gasteiger partial charge in [0.15, 0.2) is 0 Å². The first-order chi connectivity index (χ1) is 5.20. The molecule has 0 aromatic heterocycles. The Morgan fingerprint density at radius 3 is 2.73 bits per heavy atom. The first-order valence-electron chi connectivity index (χ1n) is 4.67. The molecule has 0 bridgehead atoms. The molecule has 2 atom stereocenters. The maximum Gasteiger partial charge on any atom is 0.0220 e. The first kappa shape index (κ1) is 9.01. The van der Waals surface area contributed by atoms with Crippen molar-refractivity contribution in [2.24, 2.45) is 5.92 Å². The average molecular weight is 156 g/mol. The zero-order chi connectivity index (χ0) is 8.27. The van der Waals surface area contributed by atoms with Crippen LogP contribution < -0.4 is 10.6 Å².